The molecule has 1 aliphatic rings. The molecular formula is C14H18Cl2N2O. The summed E-state index contributed by atoms with van der Waals surface area (Å²) < 4.78 is 0. The molecule has 0 N–H and O–H groups in total. The van der Waals surface area contributed by atoms with E-state index in [1.165, 1.54) is 0 Å². The molecule has 0 radical (unpaired) electrons. The van der Waals surface area contributed by atoms with E-state index >= 15 is 0 Å². The predicted octanol–water partition coefficient (Wildman–Crippen LogP) is 3.90. The van der Waals surface area contributed by atoms with Crippen molar-refractivity contribution in [3.05, 3.63) is 28.0 Å². The van der Waals surface area contributed by atoms with Gasteiger partial charge in [0.15, 0.2) is 0 Å². The first-order chi connectivity index (χ1) is 8.97. The minimum Gasteiger partial charge on any atom is -0.339 e. The number of amides is 1. The van der Waals surface area contributed by atoms with Crippen molar-refractivity contribution in [2.24, 2.45) is 11.8 Å². The molecule has 0 spiro atoms. The van der Waals surface area contributed by atoms with Gasteiger partial charge in [0.25, 0.3) is 5.91 Å². The normalized spacial score (nSPS) is 17.0. The average molecular weight is 301 g/mol. The van der Waals surface area contributed by atoms with Gasteiger partial charge in [0.05, 0.1) is 0 Å². The molecular weight excluding hydrogens is 283 g/mol. The largest absolute Gasteiger partial charge is 0.339 e. The molecule has 19 heavy (non-hydrogen) atoms. The highest BCUT2D eigenvalue weighted by Gasteiger charge is 2.25. The van der Waals surface area contributed by atoms with Crippen LogP contribution in [0.1, 0.15) is 37.0 Å². The zero-order chi connectivity index (χ0) is 14.0. The fourth-order valence-electron chi connectivity index (χ4n) is 2.54. The summed E-state index contributed by atoms with van der Waals surface area (Å²) in [7, 11) is 0. The van der Waals surface area contributed by atoms with Crippen LogP contribution in [-0.4, -0.2) is 28.9 Å². The summed E-state index contributed by atoms with van der Waals surface area (Å²) in [4.78, 5) is 18.1. The molecule has 0 saturated carbocycles. The molecule has 1 amide bonds. The molecule has 104 valence electrons. The molecule has 0 aliphatic carbocycles. The summed E-state index contributed by atoms with van der Waals surface area (Å²) in [6, 6.07) is 3.15. The van der Waals surface area contributed by atoms with Gasteiger partial charge in [-0.15, -0.1) is 0 Å². The van der Waals surface area contributed by atoms with Crippen LogP contribution in [0.25, 0.3) is 0 Å². The monoisotopic (exact) mass is 300 g/mol. The molecule has 1 saturated heterocycles. The summed E-state index contributed by atoms with van der Waals surface area (Å²) in [6.45, 7) is 6.09. The fourth-order valence-corrected chi connectivity index (χ4v) is 3.00. The van der Waals surface area contributed by atoms with Gasteiger partial charge in [-0.25, -0.2) is 4.98 Å². The molecule has 2 rings (SSSR count). The number of aromatic nitrogens is 1. The average Bonchev–Trinajstić information content (AvgIpc) is 2.37. The maximum atomic E-state index is 12.4. The lowest BCUT2D eigenvalue weighted by atomic mass is 9.86. The smallest absolute Gasteiger partial charge is 0.254 e. The second-order valence-electron chi connectivity index (χ2n) is 5.37. The molecule has 3 nitrogen and oxygen atoms in total. The Hall–Kier alpha value is -0.800. The van der Waals surface area contributed by atoms with E-state index in [1.54, 1.807) is 12.1 Å². The van der Waals surface area contributed by atoms with Crippen LogP contribution in [0.4, 0.5) is 0 Å². The first-order valence-electron chi connectivity index (χ1n) is 6.59. The number of likely N-dealkylation sites (tertiary alicyclic amines) is 1. The lowest BCUT2D eigenvalue weighted by molar-refractivity contribution is 0.0667. The molecule has 1 fully saturated rings. The number of halogens is 2. The van der Waals surface area contributed by atoms with E-state index in [0.29, 0.717) is 17.4 Å². The molecule has 2 heterocycles. The topological polar surface area (TPSA) is 33.2 Å². The van der Waals surface area contributed by atoms with Crippen LogP contribution in [0, 0.1) is 11.8 Å². The zero-order valence-electron chi connectivity index (χ0n) is 11.2. The minimum absolute atomic E-state index is 0.00611. The highest BCUT2D eigenvalue weighted by molar-refractivity contribution is 6.33. The number of hydrogen-bond donors (Lipinski definition) is 0. The van der Waals surface area contributed by atoms with Crippen molar-refractivity contribution in [3.8, 4) is 0 Å². The van der Waals surface area contributed by atoms with Gasteiger partial charge in [0, 0.05) is 18.7 Å². The second kappa shape index (κ2) is 6.10. The Morgan fingerprint density at radius 2 is 1.79 bits per heavy atom. The van der Waals surface area contributed by atoms with Crippen molar-refractivity contribution in [1.29, 1.82) is 0 Å². The number of carbonyl (C=O) groups is 1. The van der Waals surface area contributed by atoms with Gasteiger partial charge in [-0.05, 0) is 36.8 Å². The van der Waals surface area contributed by atoms with Gasteiger partial charge in [-0.1, -0.05) is 37.0 Å². The van der Waals surface area contributed by atoms with Gasteiger partial charge in [-0.3, -0.25) is 4.79 Å². The van der Waals surface area contributed by atoms with Gasteiger partial charge in [-0.2, -0.15) is 0 Å². The molecule has 0 aromatic carbocycles. The first kappa shape index (κ1) is 14.6. The first-order valence-corrected chi connectivity index (χ1v) is 7.35. The van der Waals surface area contributed by atoms with Crippen LogP contribution in [0.15, 0.2) is 12.1 Å². The summed E-state index contributed by atoms with van der Waals surface area (Å²) >= 11 is 11.7. The van der Waals surface area contributed by atoms with E-state index in [-0.39, 0.29) is 16.2 Å². The maximum absolute atomic E-state index is 12.4. The van der Waals surface area contributed by atoms with Crippen molar-refractivity contribution in [2.75, 3.05) is 13.1 Å². The minimum atomic E-state index is -0.00611. The Kier molecular flexibility index (Phi) is 4.69. The second-order valence-corrected chi connectivity index (χ2v) is 6.15. The van der Waals surface area contributed by atoms with E-state index in [2.05, 4.69) is 18.8 Å². The fraction of sp³-hybridized carbons (Fsp3) is 0.571. The Bertz CT molecular complexity index is 448. The van der Waals surface area contributed by atoms with Crippen LogP contribution in [-0.2, 0) is 0 Å². The molecule has 1 aromatic rings. The van der Waals surface area contributed by atoms with E-state index < -0.39 is 0 Å². The van der Waals surface area contributed by atoms with Crippen LogP contribution in [0.5, 0.6) is 0 Å². The third kappa shape index (κ3) is 3.61. The molecule has 1 aliphatic heterocycles. The van der Waals surface area contributed by atoms with Gasteiger partial charge in [0.1, 0.15) is 10.3 Å². The quantitative estimate of drug-likeness (QED) is 0.776. The zero-order valence-corrected chi connectivity index (χ0v) is 12.7. The summed E-state index contributed by atoms with van der Waals surface area (Å²) in [5.41, 5.74) is 0.521. The Labute approximate surface area is 123 Å². The lowest BCUT2D eigenvalue weighted by Crippen LogP contribution is -2.39. The third-order valence-corrected chi connectivity index (χ3v) is 4.17. The van der Waals surface area contributed by atoms with Crippen molar-refractivity contribution in [2.45, 2.75) is 26.7 Å². The van der Waals surface area contributed by atoms with Crippen LogP contribution < -0.4 is 0 Å². The lowest BCUT2D eigenvalue weighted by Gasteiger charge is -2.34. The van der Waals surface area contributed by atoms with E-state index in [0.717, 1.165) is 25.9 Å². The number of piperidine rings is 1. The Morgan fingerprint density at radius 3 is 2.26 bits per heavy atom. The molecule has 5 heteroatoms. The van der Waals surface area contributed by atoms with E-state index in [1.807, 2.05) is 4.90 Å². The van der Waals surface area contributed by atoms with Gasteiger partial charge in [0.2, 0.25) is 0 Å². The Morgan fingerprint density at radius 1 is 1.26 bits per heavy atom. The number of rotatable bonds is 2. The molecule has 0 unspecified atom stereocenters. The third-order valence-electron chi connectivity index (χ3n) is 3.78. The number of carbonyl (C=O) groups excluding carboxylic acids is 1. The highest BCUT2D eigenvalue weighted by atomic mass is 35.5. The van der Waals surface area contributed by atoms with Crippen LogP contribution >= 0.6 is 23.2 Å². The Balaban J connectivity index is 2.05. The molecule has 1 aromatic heterocycles. The van der Waals surface area contributed by atoms with Crippen LogP contribution in [0.2, 0.25) is 10.3 Å². The number of pyridine rings is 1. The summed E-state index contributed by atoms with van der Waals surface area (Å²) in [5, 5.41) is 0.515. The summed E-state index contributed by atoms with van der Waals surface area (Å²) in [6.07, 6.45) is 2.13. The molecule has 0 bridgehead atoms. The number of hydrogen-bond acceptors (Lipinski definition) is 2. The van der Waals surface area contributed by atoms with Crippen molar-refractivity contribution in [3.63, 3.8) is 0 Å². The molecule has 0 atom stereocenters. The van der Waals surface area contributed by atoms with Crippen molar-refractivity contribution in [1.82, 2.24) is 9.88 Å². The van der Waals surface area contributed by atoms with Gasteiger partial charge >= 0.3 is 0 Å². The number of nitrogens with zero attached hydrogens (tertiary/aromatic N) is 2. The van der Waals surface area contributed by atoms with E-state index in [4.69, 9.17) is 23.2 Å². The van der Waals surface area contributed by atoms with Crippen LogP contribution in [0.3, 0.4) is 0 Å². The SMILES string of the molecule is CC(C)C1CCN(C(=O)c2cc(Cl)nc(Cl)c2)CC1. The van der Waals surface area contributed by atoms with Crippen molar-refractivity contribution < 1.29 is 4.79 Å². The van der Waals surface area contributed by atoms with E-state index in [9.17, 15) is 4.79 Å². The predicted molar refractivity (Wildman–Crippen MR) is 77.7 cm³/mol. The van der Waals surface area contributed by atoms with Crippen molar-refractivity contribution >= 4 is 29.1 Å². The highest BCUT2D eigenvalue weighted by Crippen LogP contribution is 2.26. The standard InChI is InChI=1S/C14H18Cl2N2O/c1-9(2)10-3-5-18(6-4-10)14(19)11-7-12(15)17-13(16)8-11/h7-10H,3-6H2,1-2H3. The maximum Gasteiger partial charge on any atom is 0.254 e. The summed E-state index contributed by atoms with van der Waals surface area (Å²) in [5.74, 6) is 1.39. The van der Waals surface area contributed by atoms with Gasteiger partial charge < -0.3 is 4.90 Å².